The third kappa shape index (κ3) is 2.56. The SMILES string of the molecule is O=C(/C=C/c1ccccc1)c1cccc(N2C(=O)[C@@H]3[C@H](C2=O)[C@H]2C=C[C@H]3C2)c1. The van der Waals surface area contributed by atoms with E-state index in [-0.39, 0.29) is 41.3 Å². The summed E-state index contributed by atoms with van der Waals surface area (Å²) in [4.78, 5) is 39.8. The maximum atomic E-state index is 13.0. The number of hydrogen-bond donors (Lipinski definition) is 0. The van der Waals surface area contributed by atoms with Crippen molar-refractivity contribution in [2.45, 2.75) is 6.42 Å². The fraction of sp³-hybridized carbons (Fsp3) is 0.208. The van der Waals surface area contributed by atoms with E-state index in [1.54, 1.807) is 30.3 Å². The Balaban J connectivity index is 1.41. The molecule has 2 aromatic rings. The Labute approximate surface area is 163 Å². The van der Waals surface area contributed by atoms with E-state index < -0.39 is 0 Å². The molecular formula is C24H19NO3. The second kappa shape index (κ2) is 6.41. The first-order valence-corrected chi connectivity index (χ1v) is 9.57. The topological polar surface area (TPSA) is 54.5 Å². The highest BCUT2D eigenvalue weighted by Gasteiger charge is 2.59. The van der Waals surface area contributed by atoms with E-state index in [1.807, 2.05) is 30.3 Å². The monoisotopic (exact) mass is 369 g/mol. The molecule has 2 bridgehead atoms. The molecule has 2 aliphatic carbocycles. The standard InChI is InChI=1S/C24H19NO3/c26-20(12-9-15-5-2-1-3-6-15)16-7-4-8-19(14-16)25-23(27)21-17-10-11-18(13-17)22(21)24(25)28/h1-12,14,17-18,21-22H,13H2/b12-9+/t17-,18-,21-,22+/m0/s1. The van der Waals surface area contributed by atoms with Crippen LogP contribution in [0.2, 0.25) is 0 Å². The molecule has 28 heavy (non-hydrogen) atoms. The Morgan fingerprint density at radius 3 is 2.25 bits per heavy atom. The average Bonchev–Trinajstić information content (AvgIpc) is 3.41. The molecule has 1 aliphatic heterocycles. The Kier molecular flexibility index (Phi) is 3.86. The number of carbonyl (C=O) groups is 3. The summed E-state index contributed by atoms with van der Waals surface area (Å²) >= 11 is 0. The number of imide groups is 1. The van der Waals surface area contributed by atoms with Crippen LogP contribution in [0.3, 0.4) is 0 Å². The van der Waals surface area contributed by atoms with Crippen molar-refractivity contribution in [3.8, 4) is 0 Å². The molecular weight excluding hydrogens is 350 g/mol. The van der Waals surface area contributed by atoms with Gasteiger partial charge in [-0.05, 0) is 42.0 Å². The molecule has 0 aromatic heterocycles. The second-order valence-corrected chi connectivity index (χ2v) is 7.67. The molecule has 4 heteroatoms. The number of fused-ring (bicyclic) bond motifs is 5. The van der Waals surface area contributed by atoms with Crippen LogP contribution in [0.15, 0.2) is 72.8 Å². The van der Waals surface area contributed by atoms with Crippen molar-refractivity contribution in [2.24, 2.45) is 23.7 Å². The zero-order valence-corrected chi connectivity index (χ0v) is 15.2. The lowest BCUT2D eigenvalue weighted by atomic mass is 9.85. The molecule has 1 saturated heterocycles. The molecule has 0 radical (unpaired) electrons. The zero-order valence-electron chi connectivity index (χ0n) is 15.2. The fourth-order valence-corrected chi connectivity index (χ4v) is 4.79. The predicted octanol–water partition coefficient (Wildman–Crippen LogP) is 3.89. The highest BCUT2D eigenvalue weighted by molar-refractivity contribution is 6.23. The van der Waals surface area contributed by atoms with Crippen molar-refractivity contribution >= 4 is 29.4 Å². The van der Waals surface area contributed by atoms with Gasteiger partial charge in [-0.25, -0.2) is 4.90 Å². The van der Waals surface area contributed by atoms with Crippen LogP contribution >= 0.6 is 0 Å². The Bertz CT molecular complexity index is 1010. The van der Waals surface area contributed by atoms with E-state index in [9.17, 15) is 14.4 Å². The lowest BCUT2D eigenvalue weighted by Crippen LogP contribution is -2.32. The molecule has 0 unspecified atom stereocenters. The average molecular weight is 369 g/mol. The number of benzene rings is 2. The van der Waals surface area contributed by atoms with E-state index in [4.69, 9.17) is 0 Å². The first-order chi connectivity index (χ1) is 13.6. The first-order valence-electron chi connectivity index (χ1n) is 9.57. The number of anilines is 1. The van der Waals surface area contributed by atoms with Crippen LogP contribution in [0.25, 0.3) is 6.08 Å². The van der Waals surface area contributed by atoms with Gasteiger partial charge in [0.25, 0.3) is 0 Å². The van der Waals surface area contributed by atoms with Crippen molar-refractivity contribution < 1.29 is 14.4 Å². The van der Waals surface area contributed by atoms with Gasteiger partial charge in [-0.1, -0.05) is 60.7 Å². The van der Waals surface area contributed by atoms with Gasteiger partial charge in [-0.15, -0.1) is 0 Å². The predicted molar refractivity (Wildman–Crippen MR) is 106 cm³/mol. The molecule has 3 aliphatic rings. The van der Waals surface area contributed by atoms with Crippen molar-refractivity contribution in [3.63, 3.8) is 0 Å². The summed E-state index contributed by atoms with van der Waals surface area (Å²) < 4.78 is 0. The number of hydrogen-bond acceptors (Lipinski definition) is 3. The molecule has 4 atom stereocenters. The minimum absolute atomic E-state index is 0.128. The lowest BCUT2D eigenvalue weighted by molar-refractivity contribution is -0.123. The Morgan fingerprint density at radius 1 is 0.893 bits per heavy atom. The minimum Gasteiger partial charge on any atom is -0.289 e. The summed E-state index contributed by atoms with van der Waals surface area (Å²) in [7, 11) is 0. The number of carbonyl (C=O) groups excluding carboxylic acids is 3. The summed E-state index contributed by atoms with van der Waals surface area (Å²) in [5.41, 5.74) is 1.89. The van der Waals surface area contributed by atoms with Gasteiger partial charge < -0.3 is 0 Å². The quantitative estimate of drug-likeness (QED) is 0.356. The van der Waals surface area contributed by atoms with E-state index in [1.165, 1.54) is 11.0 Å². The van der Waals surface area contributed by atoms with Gasteiger partial charge in [0.15, 0.2) is 5.78 Å². The highest BCUT2D eigenvalue weighted by Crippen LogP contribution is 2.53. The van der Waals surface area contributed by atoms with Crippen LogP contribution < -0.4 is 4.90 Å². The maximum Gasteiger partial charge on any atom is 0.238 e. The summed E-state index contributed by atoms with van der Waals surface area (Å²) in [6.45, 7) is 0. The van der Waals surface area contributed by atoms with Crippen LogP contribution in [0.5, 0.6) is 0 Å². The highest BCUT2D eigenvalue weighted by atomic mass is 16.2. The molecule has 5 rings (SSSR count). The number of nitrogens with zero attached hydrogens (tertiary/aromatic N) is 1. The summed E-state index contributed by atoms with van der Waals surface area (Å²) in [6, 6.07) is 16.4. The van der Waals surface area contributed by atoms with Gasteiger partial charge in [0.05, 0.1) is 17.5 Å². The van der Waals surface area contributed by atoms with Gasteiger partial charge in [0, 0.05) is 5.56 Å². The zero-order chi connectivity index (χ0) is 19.3. The number of rotatable bonds is 4. The Morgan fingerprint density at radius 2 is 1.57 bits per heavy atom. The summed E-state index contributed by atoms with van der Waals surface area (Å²) in [5, 5.41) is 0. The van der Waals surface area contributed by atoms with Crippen molar-refractivity contribution in [2.75, 3.05) is 4.90 Å². The maximum absolute atomic E-state index is 13.0. The summed E-state index contributed by atoms with van der Waals surface area (Å²) in [5.74, 6) is -0.538. The molecule has 4 nitrogen and oxygen atoms in total. The lowest BCUT2D eigenvalue weighted by Gasteiger charge is -2.17. The van der Waals surface area contributed by atoms with E-state index in [2.05, 4.69) is 12.2 Å². The van der Waals surface area contributed by atoms with Crippen LogP contribution in [0, 0.1) is 23.7 Å². The summed E-state index contributed by atoms with van der Waals surface area (Å²) in [6.07, 6.45) is 8.34. The molecule has 2 amide bonds. The third-order valence-corrected chi connectivity index (χ3v) is 6.09. The van der Waals surface area contributed by atoms with Crippen molar-refractivity contribution in [1.82, 2.24) is 0 Å². The molecule has 0 N–H and O–H groups in total. The minimum atomic E-state index is -0.236. The Hall–Kier alpha value is -3.27. The van der Waals surface area contributed by atoms with Gasteiger partial charge in [-0.2, -0.15) is 0 Å². The van der Waals surface area contributed by atoms with Crippen LogP contribution in [0.1, 0.15) is 22.3 Å². The van der Waals surface area contributed by atoms with Gasteiger partial charge in [0.1, 0.15) is 0 Å². The van der Waals surface area contributed by atoms with Gasteiger partial charge in [0.2, 0.25) is 11.8 Å². The fourth-order valence-electron chi connectivity index (χ4n) is 4.79. The molecule has 1 saturated carbocycles. The van der Waals surface area contributed by atoms with Crippen LogP contribution in [0.4, 0.5) is 5.69 Å². The molecule has 138 valence electrons. The van der Waals surface area contributed by atoms with E-state index in [0.717, 1.165) is 12.0 Å². The largest absolute Gasteiger partial charge is 0.289 e. The smallest absolute Gasteiger partial charge is 0.238 e. The molecule has 2 fully saturated rings. The number of amides is 2. The first kappa shape index (κ1) is 16.9. The molecule has 0 spiro atoms. The van der Waals surface area contributed by atoms with Crippen molar-refractivity contribution in [3.05, 3.63) is 84.0 Å². The van der Waals surface area contributed by atoms with Crippen LogP contribution in [-0.2, 0) is 9.59 Å². The number of ketones is 1. The number of allylic oxidation sites excluding steroid dienone is 3. The molecule has 2 aromatic carbocycles. The normalized spacial score (nSPS) is 27.8. The van der Waals surface area contributed by atoms with Gasteiger partial charge in [-0.3, -0.25) is 14.4 Å². The van der Waals surface area contributed by atoms with Crippen molar-refractivity contribution in [1.29, 1.82) is 0 Å². The third-order valence-electron chi connectivity index (χ3n) is 6.09. The van der Waals surface area contributed by atoms with Crippen LogP contribution in [-0.4, -0.2) is 17.6 Å². The molecule has 1 heterocycles. The van der Waals surface area contributed by atoms with E-state index >= 15 is 0 Å². The van der Waals surface area contributed by atoms with Gasteiger partial charge >= 0.3 is 0 Å². The van der Waals surface area contributed by atoms with E-state index in [0.29, 0.717) is 11.3 Å². The second-order valence-electron chi connectivity index (χ2n) is 7.67.